The summed E-state index contributed by atoms with van der Waals surface area (Å²) in [5.41, 5.74) is 1.05. The minimum atomic E-state index is 0.100. The van der Waals surface area contributed by atoms with E-state index in [2.05, 4.69) is 20.6 Å². The van der Waals surface area contributed by atoms with Crippen LogP contribution < -0.4 is 10.6 Å². The normalized spacial score (nSPS) is 11.6. The molecule has 0 amide bonds. The first-order chi connectivity index (χ1) is 8.17. The second-order valence-electron chi connectivity index (χ2n) is 3.59. The van der Waals surface area contributed by atoms with Crippen molar-refractivity contribution in [2.45, 2.75) is 27.3 Å². The van der Waals surface area contributed by atoms with Crippen LogP contribution in [0.25, 0.3) is 0 Å². The van der Waals surface area contributed by atoms with E-state index in [0.29, 0.717) is 13.1 Å². The number of aliphatic hydroxyl groups excluding tert-OH is 1. The van der Waals surface area contributed by atoms with Gasteiger partial charge in [-0.05, 0) is 20.8 Å². The van der Waals surface area contributed by atoms with Crippen LogP contribution in [0.4, 0.5) is 0 Å². The summed E-state index contributed by atoms with van der Waals surface area (Å²) in [5.74, 6) is 0.729. The number of aromatic nitrogens is 1. The third-order valence-corrected chi connectivity index (χ3v) is 3.19. The Morgan fingerprint density at radius 2 is 2.18 bits per heavy atom. The summed E-state index contributed by atoms with van der Waals surface area (Å²) in [6.45, 7) is 8.05. The smallest absolute Gasteiger partial charge is 0.191 e. The van der Waals surface area contributed by atoms with E-state index < -0.39 is 0 Å². The maximum Gasteiger partial charge on any atom is 0.191 e. The maximum atomic E-state index is 8.76. The van der Waals surface area contributed by atoms with Crippen molar-refractivity contribution in [1.82, 2.24) is 15.6 Å². The first-order valence-electron chi connectivity index (χ1n) is 5.73. The molecule has 0 fully saturated rings. The molecule has 1 rings (SSSR count). The number of hydrogen-bond acceptors (Lipinski definition) is 4. The van der Waals surface area contributed by atoms with E-state index in [-0.39, 0.29) is 6.61 Å². The summed E-state index contributed by atoms with van der Waals surface area (Å²) in [4.78, 5) is 10.00. The number of guanidine groups is 1. The third kappa shape index (κ3) is 4.70. The monoisotopic (exact) mass is 256 g/mol. The van der Waals surface area contributed by atoms with E-state index in [1.165, 1.54) is 4.88 Å². The van der Waals surface area contributed by atoms with Gasteiger partial charge in [0.05, 0.1) is 23.9 Å². The van der Waals surface area contributed by atoms with Gasteiger partial charge in [-0.25, -0.2) is 9.98 Å². The van der Waals surface area contributed by atoms with E-state index in [9.17, 15) is 0 Å². The molecule has 0 bridgehead atoms. The maximum absolute atomic E-state index is 8.76. The lowest BCUT2D eigenvalue weighted by atomic mass is 10.4. The van der Waals surface area contributed by atoms with Gasteiger partial charge in [-0.1, -0.05) is 0 Å². The molecular formula is C11H20N4OS. The molecule has 0 aliphatic heterocycles. The Kier molecular flexibility index (Phi) is 5.93. The lowest BCUT2D eigenvalue weighted by Crippen LogP contribution is -2.38. The highest BCUT2D eigenvalue weighted by Crippen LogP contribution is 2.17. The van der Waals surface area contributed by atoms with Crippen molar-refractivity contribution < 1.29 is 5.11 Å². The van der Waals surface area contributed by atoms with Crippen LogP contribution in [0.5, 0.6) is 0 Å². The van der Waals surface area contributed by atoms with Gasteiger partial charge in [-0.3, -0.25) is 0 Å². The molecule has 0 radical (unpaired) electrons. The number of nitrogens with one attached hydrogen (secondary N) is 2. The van der Waals surface area contributed by atoms with Gasteiger partial charge in [-0.15, -0.1) is 11.3 Å². The van der Waals surface area contributed by atoms with Crippen molar-refractivity contribution >= 4 is 17.3 Å². The number of thiazole rings is 1. The minimum absolute atomic E-state index is 0.100. The number of rotatable bonds is 5. The first kappa shape index (κ1) is 13.9. The second-order valence-corrected chi connectivity index (χ2v) is 4.87. The van der Waals surface area contributed by atoms with E-state index >= 15 is 0 Å². The molecule has 0 saturated carbocycles. The van der Waals surface area contributed by atoms with Crippen LogP contribution in [0.15, 0.2) is 4.99 Å². The highest BCUT2D eigenvalue weighted by molar-refractivity contribution is 7.11. The zero-order chi connectivity index (χ0) is 12.7. The highest BCUT2D eigenvalue weighted by Gasteiger charge is 2.04. The van der Waals surface area contributed by atoms with Crippen LogP contribution in [-0.2, 0) is 6.54 Å². The predicted octanol–water partition coefficient (Wildman–Crippen LogP) is 0.807. The summed E-state index contributed by atoms with van der Waals surface area (Å²) < 4.78 is 0. The van der Waals surface area contributed by atoms with Crippen molar-refractivity contribution in [3.8, 4) is 0 Å². The SMILES string of the molecule is CCNC(=NCc1sc(C)nc1C)NCCO. The Morgan fingerprint density at radius 3 is 2.71 bits per heavy atom. The van der Waals surface area contributed by atoms with E-state index in [1.807, 2.05) is 20.8 Å². The molecule has 1 heterocycles. The predicted molar refractivity (Wildman–Crippen MR) is 71.5 cm³/mol. The standard InChI is InChI=1S/C11H20N4OS/c1-4-12-11(13-5-6-16)14-7-10-8(2)15-9(3)17-10/h16H,4-7H2,1-3H3,(H2,12,13,14). The lowest BCUT2D eigenvalue weighted by molar-refractivity contribution is 0.300. The van der Waals surface area contributed by atoms with Gasteiger partial charge in [0.2, 0.25) is 0 Å². The zero-order valence-electron chi connectivity index (χ0n) is 10.6. The average molecular weight is 256 g/mol. The molecule has 1 aromatic rings. The van der Waals surface area contributed by atoms with Gasteiger partial charge >= 0.3 is 0 Å². The Balaban J connectivity index is 2.61. The molecule has 1 aromatic heterocycles. The Hall–Kier alpha value is -1.14. The Labute approximate surface area is 106 Å². The van der Waals surface area contributed by atoms with E-state index in [4.69, 9.17) is 5.11 Å². The zero-order valence-corrected chi connectivity index (χ0v) is 11.4. The molecule has 96 valence electrons. The number of hydrogen-bond donors (Lipinski definition) is 3. The average Bonchev–Trinajstić information content (AvgIpc) is 2.61. The summed E-state index contributed by atoms with van der Waals surface area (Å²) in [6.07, 6.45) is 0. The summed E-state index contributed by atoms with van der Waals surface area (Å²) in [5, 5.41) is 16.0. The van der Waals surface area contributed by atoms with Crippen molar-refractivity contribution in [2.24, 2.45) is 4.99 Å². The number of aryl methyl sites for hydroxylation is 2. The fourth-order valence-electron chi connectivity index (χ4n) is 1.39. The van der Waals surface area contributed by atoms with Crippen LogP contribution in [0.3, 0.4) is 0 Å². The van der Waals surface area contributed by atoms with Gasteiger partial charge in [0.1, 0.15) is 0 Å². The Morgan fingerprint density at radius 1 is 1.41 bits per heavy atom. The third-order valence-electron chi connectivity index (χ3n) is 2.13. The van der Waals surface area contributed by atoms with Gasteiger partial charge in [0.15, 0.2) is 5.96 Å². The summed E-state index contributed by atoms with van der Waals surface area (Å²) >= 11 is 1.68. The van der Waals surface area contributed by atoms with Gasteiger partial charge in [0.25, 0.3) is 0 Å². The van der Waals surface area contributed by atoms with Crippen LogP contribution >= 0.6 is 11.3 Å². The molecular weight excluding hydrogens is 236 g/mol. The van der Waals surface area contributed by atoms with Crippen LogP contribution in [0.2, 0.25) is 0 Å². The molecule has 0 aliphatic carbocycles. The number of aliphatic hydroxyl groups is 1. The van der Waals surface area contributed by atoms with Crippen LogP contribution in [-0.4, -0.2) is 35.7 Å². The Bertz CT molecular complexity index is 376. The first-order valence-corrected chi connectivity index (χ1v) is 6.55. The largest absolute Gasteiger partial charge is 0.395 e. The van der Waals surface area contributed by atoms with Crippen molar-refractivity contribution in [1.29, 1.82) is 0 Å². The molecule has 0 saturated heterocycles. The topological polar surface area (TPSA) is 69.5 Å². The molecule has 17 heavy (non-hydrogen) atoms. The highest BCUT2D eigenvalue weighted by atomic mass is 32.1. The molecule has 0 atom stereocenters. The fourth-order valence-corrected chi connectivity index (χ4v) is 2.25. The van der Waals surface area contributed by atoms with Crippen molar-refractivity contribution in [3.05, 3.63) is 15.6 Å². The quantitative estimate of drug-likeness (QED) is 0.538. The van der Waals surface area contributed by atoms with Gasteiger partial charge < -0.3 is 15.7 Å². The molecule has 0 aliphatic rings. The molecule has 0 aromatic carbocycles. The fraction of sp³-hybridized carbons (Fsp3) is 0.636. The van der Waals surface area contributed by atoms with E-state index in [1.54, 1.807) is 11.3 Å². The molecule has 5 nitrogen and oxygen atoms in total. The molecule has 0 unspecified atom stereocenters. The molecule has 0 spiro atoms. The second kappa shape index (κ2) is 7.24. The van der Waals surface area contributed by atoms with Gasteiger partial charge in [-0.2, -0.15) is 0 Å². The molecule has 6 heteroatoms. The number of nitrogens with zero attached hydrogens (tertiary/aromatic N) is 2. The van der Waals surface area contributed by atoms with Crippen molar-refractivity contribution in [2.75, 3.05) is 19.7 Å². The van der Waals surface area contributed by atoms with Crippen molar-refractivity contribution in [3.63, 3.8) is 0 Å². The van der Waals surface area contributed by atoms with Gasteiger partial charge in [0, 0.05) is 18.0 Å². The van der Waals surface area contributed by atoms with E-state index in [0.717, 1.165) is 23.2 Å². The van der Waals surface area contributed by atoms with Crippen LogP contribution in [0, 0.1) is 13.8 Å². The molecule has 3 N–H and O–H groups in total. The minimum Gasteiger partial charge on any atom is -0.395 e. The number of aliphatic imine (C=N–C) groups is 1. The van der Waals surface area contributed by atoms with Crippen LogP contribution in [0.1, 0.15) is 22.5 Å². The summed E-state index contributed by atoms with van der Waals surface area (Å²) in [6, 6.07) is 0. The lowest BCUT2D eigenvalue weighted by Gasteiger charge is -2.09. The summed E-state index contributed by atoms with van der Waals surface area (Å²) in [7, 11) is 0.